The lowest BCUT2D eigenvalue weighted by molar-refractivity contribution is 0.0950. The summed E-state index contributed by atoms with van der Waals surface area (Å²) in [6.07, 6.45) is 2.04. The van der Waals surface area contributed by atoms with Crippen molar-refractivity contribution >= 4 is 5.91 Å². The molecule has 1 amide bonds. The van der Waals surface area contributed by atoms with Crippen molar-refractivity contribution in [3.8, 4) is 17.1 Å². The van der Waals surface area contributed by atoms with Crippen LogP contribution < -0.4 is 10.1 Å². The van der Waals surface area contributed by atoms with Crippen molar-refractivity contribution in [3.05, 3.63) is 72.2 Å². The van der Waals surface area contributed by atoms with Gasteiger partial charge in [-0.1, -0.05) is 42.5 Å². The zero-order valence-electron chi connectivity index (χ0n) is 13.4. The first-order valence-corrected chi connectivity index (χ1v) is 7.68. The number of aromatic nitrogens is 1. The molecule has 0 aliphatic rings. The second-order valence-corrected chi connectivity index (χ2v) is 5.25. The molecule has 2 aromatic carbocycles. The number of ether oxygens (including phenoxy) is 1. The second-order valence-electron chi connectivity index (χ2n) is 5.25. The Morgan fingerprint density at radius 1 is 1.17 bits per heavy atom. The number of benzene rings is 2. The van der Waals surface area contributed by atoms with Gasteiger partial charge in [0.05, 0.1) is 7.11 Å². The third kappa shape index (κ3) is 3.63. The Kier molecular flexibility index (Phi) is 4.91. The van der Waals surface area contributed by atoms with E-state index in [9.17, 15) is 4.79 Å². The first kappa shape index (κ1) is 15.8. The molecule has 0 fully saturated rings. The Bertz CT molecular complexity index is 812. The molecule has 1 aromatic heterocycles. The van der Waals surface area contributed by atoms with Crippen LogP contribution in [0.4, 0.5) is 0 Å². The first-order chi connectivity index (χ1) is 11.8. The molecule has 5 heteroatoms. The summed E-state index contributed by atoms with van der Waals surface area (Å²) < 4.78 is 10.6. The summed E-state index contributed by atoms with van der Waals surface area (Å²) in [7, 11) is 1.59. The normalized spacial score (nSPS) is 10.4. The molecular weight excluding hydrogens is 304 g/mol. The van der Waals surface area contributed by atoms with E-state index in [1.165, 1.54) is 12.0 Å². The zero-order chi connectivity index (χ0) is 16.8. The largest absolute Gasteiger partial charge is 0.497 e. The Hall–Kier alpha value is -3.08. The molecule has 0 atom stereocenters. The van der Waals surface area contributed by atoms with Gasteiger partial charge in [0.2, 0.25) is 0 Å². The van der Waals surface area contributed by atoms with Gasteiger partial charge in [-0.15, -0.1) is 0 Å². The van der Waals surface area contributed by atoms with E-state index in [1.807, 2.05) is 48.5 Å². The summed E-state index contributed by atoms with van der Waals surface area (Å²) in [5, 5.41) is 2.88. The molecule has 5 nitrogen and oxygen atoms in total. The van der Waals surface area contributed by atoms with Gasteiger partial charge in [-0.3, -0.25) is 4.79 Å². The highest BCUT2D eigenvalue weighted by Gasteiger charge is 2.18. The number of hydrogen-bond acceptors (Lipinski definition) is 4. The number of amides is 1. The third-order valence-corrected chi connectivity index (χ3v) is 3.66. The van der Waals surface area contributed by atoms with Crippen molar-refractivity contribution < 1.29 is 13.9 Å². The Balaban J connectivity index is 1.69. The fourth-order valence-electron chi connectivity index (χ4n) is 2.43. The zero-order valence-corrected chi connectivity index (χ0v) is 13.4. The lowest BCUT2D eigenvalue weighted by atomic mass is 10.1. The standard InChI is InChI=1S/C19H18N2O3/c1-23-16-9-5-8-15(12-16)18-17(21-13-24-18)19(22)20-11-10-14-6-3-2-4-7-14/h2-9,12-13H,10-11H2,1H3,(H,20,22). The molecule has 0 aliphatic carbocycles. The van der Waals surface area contributed by atoms with E-state index in [4.69, 9.17) is 9.15 Å². The van der Waals surface area contributed by atoms with Gasteiger partial charge < -0.3 is 14.5 Å². The highest BCUT2D eigenvalue weighted by atomic mass is 16.5. The van der Waals surface area contributed by atoms with Gasteiger partial charge >= 0.3 is 0 Å². The maximum absolute atomic E-state index is 12.4. The van der Waals surface area contributed by atoms with Gasteiger partial charge in [-0.05, 0) is 24.1 Å². The molecule has 3 aromatic rings. The molecule has 0 unspecified atom stereocenters. The van der Waals surface area contributed by atoms with Gasteiger partial charge in [-0.2, -0.15) is 0 Å². The smallest absolute Gasteiger partial charge is 0.273 e. The summed E-state index contributed by atoms with van der Waals surface area (Å²) in [4.78, 5) is 16.4. The van der Waals surface area contributed by atoms with Gasteiger partial charge in [-0.25, -0.2) is 4.98 Å². The lowest BCUT2D eigenvalue weighted by Gasteiger charge is -2.06. The quantitative estimate of drug-likeness (QED) is 0.756. The third-order valence-electron chi connectivity index (χ3n) is 3.66. The topological polar surface area (TPSA) is 64.4 Å². The highest BCUT2D eigenvalue weighted by Crippen LogP contribution is 2.26. The van der Waals surface area contributed by atoms with Gasteiger partial charge in [0, 0.05) is 12.1 Å². The summed E-state index contributed by atoms with van der Waals surface area (Å²) >= 11 is 0. The Morgan fingerprint density at radius 3 is 2.79 bits per heavy atom. The van der Waals surface area contributed by atoms with Crippen molar-refractivity contribution in [2.24, 2.45) is 0 Å². The molecule has 0 saturated carbocycles. The van der Waals surface area contributed by atoms with Crippen molar-refractivity contribution in [1.82, 2.24) is 10.3 Å². The molecule has 24 heavy (non-hydrogen) atoms. The number of nitrogens with zero attached hydrogens (tertiary/aromatic N) is 1. The average molecular weight is 322 g/mol. The molecule has 3 rings (SSSR count). The van der Waals surface area contributed by atoms with E-state index in [2.05, 4.69) is 10.3 Å². The van der Waals surface area contributed by atoms with Crippen LogP contribution in [0.25, 0.3) is 11.3 Å². The lowest BCUT2D eigenvalue weighted by Crippen LogP contribution is -2.26. The first-order valence-electron chi connectivity index (χ1n) is 7.68. The van der Waals surface area contributed by atoms with E-state index >= 15 is 0 Å². The number of methoxy groups -OCH3 is 1. The van der Waals surface area contributed by atoms with Crippen LogP contribution >= 0.6 is 0 Å². The Labute approximate surface area is 140 Å². The molecule has 122 valence electrons. The minimum Gasteiger partial charge on any atom is -0.497 e. The van der Waals surface area contributed by atoms with Crippen molar-refractivity contribution in [2.75, 3.05) is 13.7 Å². The van der Waals surface area contributed by atoms with E-state index in [0.717, 1.165) is 12.0 Å². The van der Waals surface area contributed by atoms with Crippen LogP contribution in [0.5, 0.6) is 5.75 Å². The van der Waals surface area contributed by atoms with Crippen molar-refractivity contribution in [3.63, 3.8) is 0 Å². The number of nitrogens with one attached hydrogen (secondary N) is 1. The number of hydrogen-bond donors (Lipinski definition) is 1. The van der Waals surface area contributed by atoms with Gasteiger partial charge in [0.15, 0.2) is 17.8 Å². The van der Waals surface area contributed by atoms with E-state index < -0.39 is 0 Å². The van der Waals surface area contributed by atoms with E-state index in [0.29, 0.717) is 18.1 Å². The highest BCUT2D eigenvalue weighted by molar-refractivity contribution is 5.97. The van der Waals surface area contributed by atoms with E-state index in [-0.39, 0.29) is 11.6 Å². The second kappa shape index (κ2) is 7.46. The number of rotatable bonds is 6. The van der Waals surface area contributed by atoms with Crippen LogP contribution in [0.2, 0.25) is 0 Å². The summed E-state index contributed by atoms with van der Waals surface area (Å²) in [6, 6.07) is 17.3. The van der Waals surface area contributed by atoms with Gasteiger partial charge in [0.25, 0.3) is 5.91 Å². The average Bonchev–Trinajstić information content (AvgIpc) is 3.12. The van der Waals surface area contributed by atoms with Crippen LogP contribution in [0, 0.1) is 0 Å². The van der Waals surface area contributed by atoms with Crippen LogP contribution in [0.3, 0.4) is 0 Å². The predicted octanol–water partition coefficient (Wildman–Crippen LogP) is 3.32. The van der Waals surface area contributed by atoms with E-state index in [1.54, 1.807) is 13.2 Å². The molecule has 1 heterocycles. The summed E-state index contributed by atoms with van der Waals surface area (Å²) in [5.74, 6) is 0.878. The molecule has 1 N–H and O–H groups in total. The maximum atomic E-state index is 12.4. The van der Waals surface area contributed by atoms with Gasteiger partial charge in [0.1, 0.15) is 5.75 Å². The number of carbonyl (C=O) groups is 1. The molecule has 0 aliphatic heterocycles. The van der Waals surface area contributed by atoms with Crippen molar-refractivity contribution in [2.45, 2.75) is 6.42 Å². The molecule has 0 spiro atoms. The number of carbonyl (C=O) groups excluding carboxylic acids is 1. The summed E-state index contributed by atoms with van der Waals surface area (Å²) in [5.41, 5.74) is 2.20. The fourth-order valence-corrected chi connectivity index (χ4v) is 2.43. The predicted molar refractivity (Wildman–Crippen MR) is 91.0 cm³/mol. The minimum absolute atomic E-state index is 0.252. The molecule has 0 radical (unpaired) electrons. The molecule has 0 saturated heterocycles. The van der Waals surface area contributed by atoms with Crippen LogP contribution in [0.15, 0.2) is 65.4 Å². The summed E-state index contributed by atoms with van der Waals surface area (Å²) in [6.45, 7) is 0.535. The van der Waals surface area contributed by atoms with Crippen molar-refractivity contribution in [1.29, 1.82) is 0 Å². The van der Waals surface area contributed by atoms with Crippen LogP contribution in [0.1, 0.15) is 16.1 Å². The fraction of sp³-hybridized carbons (Fsp3) is 0.158. The molecular formula is C19H18N2O3. The maximum Gasteiger partial charge on any atom is 0.273 e. The van der Waals surface area contributed by atoms with Crippen LogP contribution in [-0.2, 0) is 6.42 Å². The monoisotopic (exact) mass is 322 g/mol. The number of oxazole rings is 1. The minimum atomic E-state index is -0.252. The molecule has 0 bridgehead atoms. The Morgan fingerprint density at radius 2 is 2.00 bits per heavy atom. The SMILES string of the molecule is COc1cccc(-c2ocnc2C(=O)NCCc2ccccc2)c1. The van der Waals surface area contributed by atoms with Crippen LogP contribution in [-0.4, -0.2) is 24.5 Å².